The van der Waals surface area contributed by atoms with Crippen LogP contribution >= 0.6 is 0 Å². The third kappa shape index (κ3) is 6.50. The summed E-state index contributed by atoms with van der Waals surface area (Å²) in [5, 5.41) is 27.1. The molecule has 0 unspecified atom stereocenters. The van der Waals surface area contributed by atoms with Crippen LogP contribution in [-0.2, 0) is 0 Å². The van der Waals surface area contributed by atoms with Crippen molar-refractivity contribution in [2.45, 2.75) is 13.8 Å². The van der Waals surface area contributed by atoms with Crippen LogP contribution in [0.25, 0.3) is 11.1 Å². The Kier molecular flexibility index (Phi) is 7.93. The van der Waals surface area contributed by atoms with E-state index >= 15 is 0 Å². The van der Waals surface area contributed by atoms with Crippen LogP contribution in [0.15, 0.2) is 95.1 Å². The highest BCUT2D eigenvalue weighted by Crippen LogP contribution is 2.21. The Bertz CT molecular complexity index is 1410. The van der Waals surface area contributed by atoms with E-state index in [-0.39, 0.29) is 23.3 Å². The van der Waals surface area contributed by atoms with Crippen molar-refractivity contribution >= 4 is 24.2 Å². The molecule has 0 aromatic heterocycles. The molecule has 2 amide bonds. The predicted octanol–water partition coefficient (Wildman–Crippen LogP) is 4.91. The molecule has 0 radical (unpaired) electrons. The number of phenolic OH excluding ortho intramolecular Hbond substituents is 2. The van der Waals surface area contributed by atoms with E-state index in [0.717, 1.165) is 33.4 Å². The van der Waals surface area contributed by atoms with Crippen LogP contribution in [0.4, 0.5) is 0 Å². The molecule has 0 fully saturated rings. The van der Waals surface area contributed by atoms with Gasteiger partial charge in [0.2, 0.25) is 0 Å². The van der Waals surface area contributed by atoms with Crippen molar-refractivity contribution in [1.29, 1.82) is 0 Å². The van der Waals surface area contributed by atoms with E-state index in [2.05, 4.69) is 21.1 Å². The predicted molar refractivity (Wildman–Crippen MR) is 148 cm³/mol. The third-order valence-corrected chi connectivity index (χ3v) is 5.83. The van der Waals surface area contributed by atoms with Gasteiger partial charge in [0.05, 0.1) is 12.4 Å². The van der Waals surface area contributed by atoms with Crippen molar-refractivity contribution in [2.24, 2.45) is 10.2 Å². The van der Waals surface area contributed by atoms with E-state index in [1.165, 1.54) is 12.4 Å². The number of hydrogen-bond donors (Lipinski definition) is 4. The fourth-order valence-electron chi connectivity index (χ4n) is 3.61. The highest BCUT2D eigenvalue weighted by molar-refractivity contribution is 5.96. The number of hydrazone groups is 2. The number of aryl methyl sites for hydroxylation is 2. The minimum atomic E-state index is -0.349. The summed E-state index contributed by atoms with van der Waals surface area (Å²) in [6.45, 7) is 3.57. The van der Waals surface area contributed by atoms with E-state index in [1.807, 2.05) is 24.3 Å². The van der Waals surface area contributed by atoms with E-state index in [1.54, 1.807) is 74.5 Å². The first-order valence-corrected chi connectivity index (χ1v) is 11.8. The molecule has 0 atom stereocenters. The monoisotopic (exact) mass is 506 g/mol. The lowest BCUT2D eigenvalue weighted by Gasteiger charge is -2.06. The zero-order valence-electron chi connectivity index (χ0n) is 20.8. The molecule has 0 spiro atoms. The summed E-state index contributed by atoms with van der Waals surface area (Å²) < 4.78 is 0. The molecule has 0 bridgehead atoms. The van der Waals surface area contributed by atoms with Gasteiger partial charge in [-0.1, -0.05) is 24.3 Å². The topological polar surface area (TPSA) is 123 Å². The molecular weight excluding hydrogens is 480 g/mol. The van der Waals surface area contributed by atoms with Crippen LogP contribution in [0.3, 0.4) is 0 Å². The van der Waals surface area contributed by atoms with Gasteiger partial charge >= 0.3 is 0 Å². The number of nitrogens with one attached hydrogen (secondary N) is 2. The lowest BCUT2D eigenvalue weighted by molar-refractivity contribution is 0.0947. The average Bonchev–Trinajstić information content (AvgIpc) is 2.92. The number of benzene rings is 4. The summed E-state index contributed by atoms with van der Waals surface area (Å²) >= 11 is 0. The molecule has 0 aliphatic heterocycles. The van der Waals surface area contributed by atoms with Crippen LogP contribution in [0.2, 0.25) is 0 Å². The molecule has 4 rings (SSSR count). The SMILES string of the molecule is Cc1cc(/C=N/NC(=O)c2ccc(-c3ccc(C(=O)N/N=C/c4ccc(O)c(C)c4)cc3)cc2)ccc1O. The fraction of sp³-hybridized carbons (Fsp3) is 0.0667. The van der Waals surface area contributed by atoms with Gasteiger partial charge in [0.15, 0.2) is 0 Å². The first-order chi connectivity index (χ1) is 18.3. The lowest BCUT2D eigenvalue weighted by Crippen LogP contribution is -2.17. The standard InChI is InChI=1S/C30H26N4O4/c1-19-15-21(3-13-27(19)35)17-31-33-29(37)25-9-5-23(6-10-25)24-7-11-26(12-8-24)30(38)34-32-18-22-4-14-28(36)20(2)16-22/h3-18,35-36H,1-2H3,(H,33,37)(H,34,38)/b31-17+,32-18+. The van der Waals surface area contributed by atoms with Gasteiger partial charge in [-0.25, -0.2) is 10.9 Å². The molecule has 4 aromatic rings. The van der Waals surface area contributed by atoms with Gasteiger partial charge in [0.1, 0.15) is 11.5 Å². The summed E-state index contributed by atoms with van der Waals surface area (Å²) in [7, 11) is 0. The van der Waals surface area contributed by atoms with Gasteiger partial charge in [-0.05, 0) is 108 Å². The molecule has 38 heavy (non-hydrogen) atoms. The number of carbonyl (C=O) groups is 2. The largest absolute Gasteiger partial charge is 0.508 e. The van der Waals surface area contributed by atoms with Gasteiger partial charge in [0.25, 0.3) is 11.8 Å². The Morgan fingerprint density at radius 3 is 1.32 bits per heavy atom. The molecule has 0 aliphatic carbocycles. The first kappa shape index (κ1) is 25.8. The smallest absolute Gasteiger partial charge is 0.271 e. The fourth-order valence-corrected chi connectivity index (χ4v) is 3.61. The van der Waals surface area contributed by atoms with Gasteiger partial charge in [-0.2, -0.15) is 10.2 Å². The van der Waals surface area contributed by atoms with Crippen molar-refractivity contribution < 1.29 is 19.8 Å². The van der Waals surface area contributed by atoms with Crippen LogP contribution in [0.1, 0.15) is 43.0 Å². The summed E-state index contributed by atoms with van der Waals surface area (Å²) in [6.07, 6.45) is 3.02. The van der Waals surface area contributed by atoms with Crippen molar-refractivity contribution in [3.05, 3.63) is 118 Å². The number of rotatable bonds is 7. The Morgan fingerprint density at radius 1 is 0.605 bits per heavy atom. The lowest BCUT2D eigenvalue weighted by atomic mass is 10.0. The maximum Gasteiger partial charge on any atom is 0.271 e. The normalized spacial score (nSPS) is 11.1. The average molecular weight is 507 g/mol. The second kappa shape index (κ2) is 11.7. The summed E-state index contributed by atoms with van der Waals surface area (Å²) in [5.74, 6) is -0.289. The number of phenols is 2. The third-order valence-electron chi connectivity index (χ3n) is 5.83. The Hall–Kier alpha value is -5.24. The van der Waals surface area contributed by atoms with Gasteiger partial charge in [-0.3, -0.25) is 9.59 Å². The molecule has 8 heteroatoms. The van der Waals surface area contributed by atoms with Crippen LogP contribution < -0.4 is 10.9 Å². The van der Waals surface area contributed by atoms with Crippen molar-refractivity contribution in [3.63, 3.8) is 0 Å². The van der Waals surface area contributed by atoms with E-state index in [0.29, 0.717) is 11.1 Å². The van der Waals surface area contributed by atoms with E-state index < -0.39 is 0 Å². The molecule has 4 N–H and O–H groups in total. The maximum absolute atomic E-state index is 12.4. The molecule has 8 nitrogen and oxygen atoms in total. The zero-order valence-corrected chi connectivity index (χ0v) is 20.8. The molecule has 0 saturated carbocycles. The van der Waals surface area contributed by atoms with Crippen molar-refractivity contribution in [2.75, 3.05) is 0 Å². The minimum absolute atomic E-state index is 0.204. The number of amides is 2. The van der Waals surface area contributed by atoms with Crippen LogP contribution in [0.5, 0.6) is 11.5 Å². The van der Waals surface area contributed by atoms with E-state index in [4.69, 9.17) is 0 Å². The molecule has 0 aliphatic rings. The number of aromatic hydroxyl groups is 2. The van der Waals surface area contributed by atoms with Crippen LogP contribution in [-0.4, -0.2) is 34.5 Å². The zero-order chi connectivity index (χ0) is 27.1. The van der Waals surface area contributed by atoms with Crippen molar-refractivity contribution in [3.8, 4) is 22.6 Å². The second-order valence-electron chi connectivity index (χ2n) is 8.64. The molecular formula is C30H26N4O4. The highest BCUT2D eigenvalue weighted by atomic mass is 16.3. The van der Waals surface area contributed by atoms with Gasteiger partial charge in [0, 0.05) is 11.1 Å². The quantitative estimate of drug-likeness (QED) is 0.210. The summed E-state index contributed by atoms with van der Waals surface area (Å²) in [5.41, 5.74) is 10.6. The molecule has 0 heterocycles. The Balaban J connectivity index is 1.33. The highest BCUT2D eigenvalue weighted by Gasteiger charge is 2.08. The number of hydrogen-bond acceptors (Lipinski definition) is 6. The summed E-state index contributed by atoms with van der Waals surface area (Å²) in [6, 6.07) is 24.2. The Morgan fingerprint density at radius 2 is 0.974 bits per heavy atom. The molecule has 190 valence electrons. The molecule has 0 saturated heterocycles. The Labute approximate surface area is 220 Å². The van der Waals surface area contributed by atoms with Gasteiger partial charge < -0.3 is 10.2 Å². The van der Waals surface area contributed by atoms with Crippen molar-refractivity contribution in [1.82, 2.24) is 10.9 Å². The molecule has 4 aromatic carbocycles. The number of nitrogens with zero attached hydrogens (tertiary/aromatic N) is 2. The maximum atomic E-state index is 12.4. The summed E-state index contributed by atoms with van der Waals surface area (Å²) in [4.78, 5) is 24.8. The second-order valence-corrected chi connectivity index (χ2v) is 8.64. The van der Waals surface area contributed by atoms with Crippen LogP contribution in [0, 0.1) is 13.8 Å². The van der Waals surface area contributed by atoms with Gasteiger partial charge in [-0.15, -0.1) is 0 Å². The first-order valence-electron chi connectivity index (χ1n) is 11.8. The van der Waals surface area contributed by atoms with E-state index in [9.17, 15) is 19.8 Å². The number of carbonyl (C=O) groups excluding carboxylic acids is 2. The minimum Gasteiger partial charge on any atom is -0.508 e.